The number of thioether (sulfide) groups is 1. The topological polar surface area (TPSA) is 54.0 Å². The van der Waals surface area contributed by atoms with Crippen LogP contribution in [0.15, 0.2) is 0 Å². The van der Waals surface area contributed by atoms with Crippen LogP contribution in [-0.2, 0) is 18.9 Å². The van der Waals surface area contributed by atoms with Crippen LogP contribution < -0.4 is 0 Å². The van der Waals surface area contributed by atoms with Crippen LogP contribution in [0.2, 0.25) is 0 Å². The van der Waals surface area contributed by atoms with Crippen molar-refractivity contribution in [3.63, 3.8) is 0 Å². The van der Waals surface area contributed by atoms with Gasteiger partial charge in [0.25, 0.3) is 0 Å². The summed E-state index contributed by atoms with van der Waals surface area (Å²) in [6, 6.07) is 0. The minimum atomic E-state index is -0.587. The van der Waals surface area contributed by atoms with Gasteiger partial charge in [-0.3, -0.25) is 0 Å². The Bertz CT molecular complexity index is 309. The normalized spacial score (nSPS) is 35.2. The lowest BCUT2D eigenvalue weighted by atomic mass is 10.1. The Morgan fingerprint density at radius 3 is 2.83 bits per heavy atom. The van der Waals surface area contributed by atoms with Gasteiger partial charge in [-0.2, -0.15) is 0 Å². The van der Waals surface area contributed by atoms with Crippen molar-refractivity contribution < 1.29 is 23.7 Å². The van der Waals surface area contributed by atoms with Gasteiger partial charge < -0.3 is 18.9 Å². The first-order valence-corrected chi connectivity index (χ1v) is 8.52. The molecule has 2 aliphatic rings. The third-order valence-electron chi connectivity index (χ3n) is 2.89. The van der Waals surface area contributed by atoms with E-state index in [0.717, 1.165) is 11.8 Å². The first kappa shape index (κ1) is 14.8. The highest BCUT2D eigenvalue weighted by Crippen LogP contribution is 2.38. The van der Waals surface area contributed by atoms with Crippen molar-refractivity contribution in [2.75, 3.05) is 10.7 Å². The first-order valence-electron chi connectivity index (χ1n) is 5.77. The van der Waals surface area contributed by atoms with Crippen LogP contribution in [0, 0.1) is 0 Å². The lowest BCUT2D eigenvalue weighted by molar-refractivity contribution is -0.212. The van der Waals surface area contributed by atoms with Gasteiger partial charge in [0.15, 0.2) is 12.1 Å². The van der Waals surface area contributed by atoms with E-state index < -0.39 is 5.79 Å². The first-order chi connectivity index (χ1) is 8.45. The van der Waals surface area contributed by atoms with Gasteiger partial charge in [-0.05, 0) is 31.9 Å². The molecule has 0 N–H and O–H groups in total. The number of rotatable bonds is 3. The molecule has 0 amide bonds. The van der Waals surface area contributed by atoms with Gasteiger partial charge in [-0.25, -0.2) is 4.79 Å². The second-order valence-corrected chi connectivity index (χ2v) is 6.34. The van der Waals surface area contributed by atoms with E-state index in [1.54, 1.807) is 6.26 Å². The molecule has 0 aromatic carbocycles. The molecule has 0 bridgehead atoms. The fraction of sp³-hybridized carbons (Fsp3) is 0.909. The SMILES string of the molecule is CSC(=O)O[C@H](CI)[C@@H]1C[C@H]2OC(C)(C)O[C@H]2O1. The van der Waals surface area contributed by atoms with Gasteiger partial charge in [0.2, 0.25) is 0 Å². The van der Waals surface area contributed by atoms with Crippen molar-refractivity contribution in [3.8, 4) is 0 Å². The van der Waals surface area contributed by atoms with E-state index in [-0.39, 0.29) is 29.9 Å². The maximum Gasteiger partial charge on any atom is 0.367 e. The summed E-state index contributed by atoms with van der Waals surface area (Å²) in [5.74, 6) is -0.587. The Hall–Kier alpha value is 0.430. The summed E-state index contributed by atoms with van der Waals surface area (Å²) >= 11 is 3.26. The highest BCUT2D eigenvalue weighted by molar-refractivity contribution is 14.1. The predicted molar refractivity (Wildman–Crippen MR) is 76.0 cm³/mol. The van der Waals surface area contributed by atoms with Crippen LogP contribution in [0.25, 0.3) is 0 Å². The minimum absolute atomic E-state index is 0.0663. The fourth-order valence-electron chi connectivity index (χ4n) is 2.15. The van der Waals surface area contributed by atoms with E-state index in [0.29, 0.717) is 10.8 Å². The average Bonchev–Trinajstić information content (AvgIpc) is 2.78. The van der Waals surface area contributed by atoms with Gasteiger partial charge in [0.05, 0.1) is 0 Å². The van der Waals surface area contributed by atoms with Crippen molar-refractivity contribution in [1.29, 1.82) is 0 Å². The third-order valence-corrected chi connectivity index (χ3v) is 4.19. The summed E-state index contributed by atoms with van der Waals surface area (Å²) < 4.78 is 23.2. The number of fused-ring (bicyclic) bond motifs is 1. The van der Waals surface area contributed by atoms with Crippen molar-refractivity contribution in [3.05, 3.63) is 0 Å². The molecule has 2 saturated heterocycles. The molecule has 2 fully saturated rings. The molecule has 2 heterocycles. The Labute approximate surface area is 124 Å². The van der Waals surface area contributed by atoms with Crippen molar-refractivity contribution in [1.82, 2.24) is 0 Å². The molecule has 104 valence electrons. The van der Waals surface area contributed by atoms with Crippen LogP contribution in [0.4, 0.5) is 4.79 Å². The lowest BCUT2D eigenvalue weighted by Crippen LogP contribution is -2.34. The Kier molecular flexibility index (Phi) is 4.80. The number of halogens is 1. The van der Waals surface area contributed by atoms with Gasteiger partial charge >= 0.3 is 5.30 Å². The number of hydrogen-bond acceptors (Lipinski definition) is 6. The number of ether oxygens (including phenoxy) is 4. The van der Waals surface area contributed by atoms with E-state index in [9.17, 15) is 4.79 Å². The Morgan fingerprint density at radius 2 is 2.28 bits per heavy atom. The van der Waals surface area contributed by atoms with E-state index in [1.165, 1.54) is 0 Å². The third kappa shape index (κ3) is 3.30. The number of alkyl halides is 1. The minimum Gasteiger partial charge on any atom is -0.451 e. The fourth-order valence-corrected chi connectivity index (χ4v) is 3.12. The predicted octanol–water partition coefficient (Wildman–Crippen LogP) is 2.56. The zero-order chi connectivity index (χ0) is 13.3. The molecule has 0 aromatic heterocycles. The van der Waals surface area contributed by atoms with Gasteiger partial charge in [-0.15, -0.1) is 0 Å². The van der Waals surface area contributed by atoms with Crippen molar-refractivity contribution in [2.45, 2.75) is 50.7 Å². The molecule has 0 spiro atoms. The summed E-state index contributed by atoms with van der Waals surface area (Å²) in [5, 5.41) is -0.278. The summed E-state index contributed by atoms with van der Waals surface area (Å²) in [5.41, 5.74) is 0. The van der Waals surface area contributed by atoms with Gasteiger partial charge in [-0.1, -0.05) is 22.6 Å². The Morgan fingerprint density at radius 1 is 1.56 bits per heavy atom. The van der Waals surface area contributed by atoms with Crippen LogP contribution in [0.5, 0.6) is 0 Å². The number of carbonyl (C=O) groups excluding carboxylic acids is 1. The van der Waals surface area contributed by atoms with E-state index in [4.69, 9.17) is 18.9 Å². The van der Waals surface area contributed by atoms with E-state index >= 15 is 0 Å². The standard InChI is InChI=1S/C11H17IO5S/c1-11(2)16-7-4-6(14-9(7)17-11)8(5-12)15-10(13)18-3/h6-9H,4-5H2,1-3H3/t6-,7+,8+,9+/m0/s1. The molecule has 18 heavy (non-hydrogen) atoms. The Balaban J connectivity index is 1.91. The molecule has 0 aromatic rings. The molecule has 0 unspecified atom stereocenters. The highest BCUT2D eigenvalue weighted by Gasteiger charge is 2.50. The number of hydrogen-bond donors (Lipinski definition) is 0. The quantitative estimate of drug-likeness (QED) is 0.421. The summed E-state index contributed by atoms with van der Waals surface area (Å²) in [6.07, 6.45) is 1.59. The van der Waals surface area contributed by atoms with Gasteiger partial charge in [0, 0.05) is 10.8 Å². The molecule has 4 atom stereocenters. The molecule has 7 heteroatoms. The zero-order valence-corrected chi connectivity index (χ0v) is 13.5. The summed E-state index contributed by atoms with van der Waals surface area (Å²) in [7, 11) is 0. The van der Waals surface area contributed by atoms with Crippen molar-refractivity contribution >= 4 is 39.7 Å². The molecule has 0 aliphatic carbocycles. The number of carbonyl (C=O) groups is 1. The highest BCUT2D eigenvalue weighted by atomic mass is 127. The maximum absolute atomic E-state index is 11.3. The second-order valence-electron chi connectivity index (χ2n) is 4.72. The van der Waals surface area contributed by atoms with Crippen LogP contribution in [0.1, 0.15) is 20.3 Å². The van der Waals surface area contributed by atoms with Crippen LogP contribution in [0.3, 0.4) is 0 Å². The van der Waals surface area contributed by atoms with E-state index in [1.807, 2.05) is 13.8 Å². The largest absolute Gasteiger partial charge is 0.451 e. The molecule has 2 rings (SSSR count). The summed E-state index contributed by atoms with van der Waals surface area (Å²) in [4.78, 5) is 11.3. The maximum atomic E-state index is 11.3. The second kappa shape index (κ2) is 5.82. The summed E-state index contributed by atoms with van der Waals surface area (Å²) in [6.45, 7) is 3.74. The molecule has 2 aliphatic heterocycles. The molecule has 5 nitrogen and oxygen atoms in total. The monoisotopic (exact) mass is 388 g/mol. The molecular weight excluding hydrogens is 371 g/mol. The zero-order valence-electron chi connectivity index (χ0n) is 10.6. The smallest absolute Gasteiger partial charge is 0.367 e. The molecule has 0 saturated carbocycles. The van der Waals surface area contributed by atoms with Crippen LogP contribution in [-0.4, -0.2) is 46.4 Å². The van der Waals surface area contributed by atoms with E-state index in [2.05, 4.69) is 22.6 Å². The average molecular weight is 388 g/mol. The van der Waals surface area contributed by atoms with Gasteiger partial charge in [0.1, 0.15) is 18.3 Å². The lowest BCUT2D eigenvalue weighted by Gasteiger charge is -2.24. The molecular formula is C11H17IO5S. The van der Waals surface area contributed by atoms with Crippen LogP contribution >= 0.6 is 34.4 Å². The molecule has 0 radical (unpaired) electrons. The van der Waals surface area contributed by atoms with Crippen molar-refractivity contribution in [2.24, 2.45) is 0 Å².